The van der Waals surface area contributed by atoms with Crippen LogP contribution in [-0.2, 0) is 5.41 Å². The number of fused-ring (bicyclic) bond motifs is 11. The van der Waals surface area contributed by atoms with E-state index in [9.17, 15) is 32.9 Å². The van der Waals surface area contributed by atoms with E-state index in [1.807, 2.05) is 0 Å². The Morgan fingerprint density at radius 2 is 0.682 bits per heavy atom. The molecule has 2 aliphatic rings. The fraction of sp³-hybridized carbons (Fsp3) is 0.0154. The summed E-state index contributed by atoms with van der Waals surface area (Å²) in [5, 5.41) is -1.87. The molecule has 0 amide bonds. The van der Waals surface area contributed by atoms with Crippen LogP contribution < -0.4 is 4.90 Å². The first-order chi connectivity index (χ1) is 50.6. The maximum atomic E-state index is 10.7. The highest BCUT2D eigenvalue weighted by Crippen LogP contribution is 2.63. The Morgan fingerprint density at radius 1 is 0.273 bits per heavy atom. The van der Waals surface area contributed by atoms with Crippen molar-refractivity contribution < 1.29 is 58.9 Å². The van der Waals surface area contributed by atoms with Crippen LogP contribution in [0.4, 0.5) is 17.1 Å². The van der Waals surface area contributed by atoms with Gasteiger partial charge in [0.15, 0.2) is 0 Å². The zero-order valence-electron chi connectivity index (χ0n) is 75.9. The average molecular weight is 881 g/mol. The van der Waals surface area contributed by atoms with E-state index in [-0.39, 0.29) is 4.90 Å². The molecule has 308 valence electrons. The number of benzene rings is 11. The highest BCUT2D eigenvalue weighted by molar-refractivity contribution is 6.04. The van der Waals surface area contributed by atoms with Gasteiger partial charge in [0, 0.05) is 17.1 Å². The van der Waals surface area contributed by atoms with Crippen molar-refractivity contribution in [1.29, 1.82) is 0 Å². The van der Waals surface area contributed by atoms with Gasteiger partial charge < -0.3 is 4.90 Å². The molecule has 66 heavy (non-hydrogen) atoms. The number of nitrogens with zero attached hydrogens (tertiary/aromatic N) is 1. The Bertz CT molecular complexity index is 5970. The molecule has 0 aliphatic heterocycles. The summed E-state index contributed by atoms with van der Waals surface area (Å²) in [7, 11) is 0. The lowest BCUT2D eigenvalue weighted by Crippen LogP contribution is -2.26. The number of hydrogen-bond donors (Lipinski definition) is 0. The van der Waals surface area contributed by atoms with Crippen LogP contribution >= 0.6 is 0 Å². The van der Waals surface area contributed by atoms with Crippen LogP contribution in [0.25, 0.3) is 77.5 Å². The van der Waals surface area contributed by atoms with Crippen molar-refractivity contribution in [2.24, 2.45) is 0 Å². The highest BCUT2D eigenvalue weighted by atomic mass is 15.1. The Morgan fingerprint density at radius 3 is 1.27 bits per heavy atom. The minimum Gasteiger partial charge on any atom is -0.310 e. The Hall–Kier alpha value is -8.52. The van der Waals surface area contributed by atoms with E-state index < -0.39 is 382 Å². The van der Waals surface area contributed by atoms with Crippen LogP contribution in [0.15, 0.2) is 260 Å². The normalized spacial score (nSPS) is 21.8. The van der Waals surface area contributed by atoms with Gasteiger partial charge in [0.1, 0.15) is 0 Å². The molecule has 11 aromatic rings. The SMILES string of the molecule is [2H]c1c([2H])c([2H])c(-c2c([2H])c([2H])c(-c3c([2H])c([2H])c(-c4c(-c5c([2H])c([2H])c(N(c6c([2H])c([2H])c([2H])c([2H])c6[2H])c6c([2H])c([2H])c7c(c6[2H])C6(c8c([2H])c([2H])c([2H])c([2H])c8-c8c([2H])c([2H])c([2H])c([2H])c86)c6c([2H])c([2H])c([2H])c([2H])c6-7)c([2H])c5[2H])c([2H])c([2H])c5c([2H])c([2H])c([2H])c([2H])c45)c([2H])c3[2H])c([2H])c2[2H])c([2H])c1[2H]. The highest BCUT2D eigenvalue weighted by Gasteiger charge is 2.51. The zero-order valence-corrected chi connectivity index (χ0v) is 32.9. The molecule has 1 spiro atoms. The molecule has 1 nitrogen and oxygen atoms in total. The van der Waals surface area contributed by atoms with Crippen molar-refractivity contribution in [3.8, 4) is 66.8 Å². The van der Waals surface area contributed by atoms with E-state index in [0.29, 0.717) is 0 Å². The third-order valence-electron chi connectivity index (χ3n) is 10.9. The Balaban J connectivity index is 1.18. The van der Waals surface area contributed by atoms with E-state index >= 15 is 0 Å². The predicted molar refractivity (Wildman–Crippen MR) is 277 cm³/mol. The second kappa shape index (κ2) is 15.3. The molecule has 0 fully saturated rings. The minimum atomic E-state index is -3.12. The van der Waals surface area contributed by atoms with Gasteiger partial charge in [-0.25, -0.2) is 0 Å². The van der Waals surface area contributed by atoms with E-state index in [2.05, 4.69) is 0 Å². The molecule has 13 rings (SSSR count). The van der Waals surface area contributed by atoms with Crippen LogP contribution in [0.2, 0.25) is 0 Å². The molecule has 1 heteroatoms. The van der Waals surface area contributed by atoms with Crippen molar-refractivity contribution in [2.45, 2.75) is 5.41 Å². The summed E-state index contributed by atoms with van der Waals surface area (Å²) in [6, 6.07) is -50.8. The van der Waals surface area contributed by atoms with Crippen molar-refractivity contribution in [1.82, 2.24) is 0 Å². The van der Waals surface area contributed by atoms with Crippen molar-refractivity contribution in [3.05, 3.63) is 282 Å². The van der Waals surface area contributed by atoms with Crippen molar-refractivity contribution in [3.63, 3.8) is 0 Å². The Labute approximate surface area is 446 Å². The average Bonchev–Trinajstić information content (AvgIpc) is 1.50. The quantitative estimate of drug-likeness (QED) is 0.154. The third-order valence-corrected chi connectivity index (χ3v) is 10.9. The molecule has 0 aromatic heterocycles. The van der Waals surface area contributed by atoms with Gasteiger partial charge in [-0.05, 0) is 136 Å². The fourth-order valence-electron chi connectivity index (χ4n) is 8.15. The van der Waals surface area contributed by atoms with Crippen molar-refractivity contribution in [2.75, 3.05) is 4.90 Å². The molecule has 0 heterocycles. The molecule has 0 unspecified atom stereocenters. The molecule has 0 saturated carbocycles. The summed E-state index contributed by atoms with van der Waals surface area (Å²) in [6.07, 6.45) is 0. The molecule has 11 aromatic carbocycles. The lowest BCUT2D eigenvalue weighted by Gasteiger charge is -2.32. The molecule has 0 atom stereocenters. The summed E-state index contributed by atoms with van der Waals surface area (Å²) < 4.78 is 399. The predicted octanol–water partition coefficient (Wildman–Crippen LogP) is 17.3. The van der Waals surface area contributed by atoms with Gasteiger partial charge in [-0.1, -0.05) is 224 Å². The minimum absolute atomic E-state index is 0.204. The van der Waals surface area contributed by atoms with Crippen LogP contribution in [0.5, 0.6) is 0 Å². The Kier molecular flexibility index (Phi) is 3.37. The number of hydrogen-bond acceptors (Lipinski definition) is 1. The molecule has 0 bridgehead atoms. The van der Waals surface area contributed by atoms with Gasteiger partial charge in [0.2, 0.25) is 0 Å². The second-order valence-corrected chi connectivity index (χ2v) is 14.3. The first kappa shape index (κ1) is 14.5. The third kappa shape index (κ3) is 5.87. The summed E-state index contributed by atoms with van der Waals surface area (Å²) in [5.41, 5.74) is -22.1. The maximum absolute atomic E-state index is 10.7. The molecular formula is C65H43N. The zero-order chi connectivity index (χ0) is 81.0. The monoisotopic (exact) mass is 881 g/mol. The lowest BCUT2D eigenvalue weighted by molar-refractivity contribution is 0.793. The lowest BCUT2D eigenvalue weighted by atomic mass is 9.70. The fourth-order valence-corrected chi connectivity index (χ4v) is 8.15. The number of para-hydroxylation sites is 1. The summed E-state index contributed by atoms with van der Waals surface area (Å²) in [4.78, 5) is 0.204. The van der Waals surface area contributed by atoms with E-state index in [1.54, 1.807) is 0 Å². The van der Waals surface area contributed by atoms with E-state index in [1.165, 1.54) is 0 Å². The number of anilines is 3. The van der Waals surface area contributed by atoms with Crippen molar-refractivity contribution >= 4 is 27.8 Å². The van der Waals surface area contributed by atoms with Gasteiger partial charge >= 0.3 is 0 Å². The standard InChI is InChI=1S/C65H43N/c1-3-15-44(16-4-1)45-27-29-46(30-28-45)47-31-33-50(34-32-47)64-54-20-8-7-17-48(54)37-41-55(64)49-35-38-52(39-36-49)66(51-18-5-2-6-19-51)53-40-42-59-58-23-11-14-26-62(58)65(63(59)43-53)60-24-12-9-21-56(60)57-22-10-13-25-61(57)65/h1-43H/i1D,2D,3D,4D,5D,6D,7D,8D,9D,10D,11D,12D,13D,14D,15D,16D,17D,18D,19D,20D,21D,22D,23D,24D,25D,26D,27D,28D,29D,30D,31D,32D,33D,34D,35D,36D,37D,38D,39D,40D,41D,42D,43D. The molecule has 2 aliphatic carbocycles. The van der Waals surface area contributed by atoms with Gasteiger partial charge in [0.25, 0.3) is 0 Å². The smallest absolute Gasteiger partial charge is 0.0726 e. The molecular weight excluding hydrogens is 795 g/mol. The van der Waals surface area contributed by atoms with Crippen LogP contribution in [-0.4, -0.2) is 0 Å². The maximum Gasteiger partial charge on any atom is 0.0726 e. The first-order valence-corrected chi connectivity index (χ1v) is 19.4. The summed E-state index contributed by atoms with van der Waals surface area (Å²) in [6.45, 7) is 0. The second-order valence-electron chi connectivity index (χ2n) is 14.3. The van der Waals surface area contributed by atoms with Gasteiger partial charge in [-0.2, -0.15) is 0 Å². The van der Waals surface area contributed by atoms with E-state index in [4.69, 9.17) is 26.0 Å². The molecule has 0 radical (unpaired) electrons. The topological polar surface area (TPSA) is 3.24 Å². The van der Waals surface area contributed by atoms with E-state index in [0.717, 1.165) is 0 Å². The largest absolute Gasteiger partial charge is 0.310 e. The van der Waals surface area contributed by atoms with Gasteiger partial charge in [-0.15, -0.1) is 0 Å². The van der Waals surface area contributed by atoms with Crippen LogP contribution in [0.3, 0.4) is 0 Å². The van der Waals surface area contributed by atoms with Crippen LogP contribution in [0, 0.1) is 0 Å². The molecule has 0 N–H and O–H groups in total. The van der Waals surface area contributed by atoms with Gasteiger partial charge in [-0.3, -0.25) is 0 Å². The summed E-state index contributed by atoms with van der Waals surface area (Å²) in [5.74, 6) is 0. The van der Waals surface area contributed by atoms with Crippen LogP contribution in [0.1, 0.15) is 81.2 Å². The molecule has 0 saturated heterocycles. The first-order valence-electron chi connectivity index (χ1n) is 40.9. The summed E-state index contributed by atoms with van der Waals surface area (Å²) >= 11 is 0. The van der Waals surface area contributed by atoms with Gasteiger partial charge in [0.05, 0.1) is 64.4 Å². The number of rotatable bonds is 7.